The number of ether oxygens (including phenoxy) is 3. The summed E-state index contributed by atoms with van der Waals surface area (Å²) in [6.45, 7) is 8.85. The molecule has 4 aliphatic rings. The van der Waals surface area contributed by atoms with Gasteiger partial charge >= 0.3 is 12.1 Å². The molecular weight excluding hydrogens is 528 g/mol. The number of allylic oxidation sites excluding steroid dienone is 1. The number of carbonyl (C=O) groups is 5. The highest BCUT2D eigenvalue weighted by molar-refractivity contribution is 5.95. The Balaban J connectivity index is 1.27. The molecule has 0 aliphatic heterocycles. The molecule has 4 aliphatic carbocycles. The van der Waals surface area contributed by atoms with Gasteiger partial charge in [0.05, 0.1) is 6.61 Å². The summed E-state index contributed by atoms with van der Waals surface area (Å²) in [6.07, 6.45) is 6.40. The van der Waals surface area contributed by atoms with Gasteiger partial charge in [-0.2, -0.15) is 0 Å². The molecule has 9 heteroatoms. The minimum atomic E-state index is -1.76. The van der Waals surface area contributed by atoms with Crippen molar-refractivity contribution in [2.24, 2.45) is 28.6 Å². The standard InChI is InChI=1S/C32H46O9/c1-29(2,3)41-26(36)9-7-6-8-16-39-28(37)40-19-25(35)32(38)15-13-23-22-11-10-20-17-21(33)12-14-30(20,4)27(22)24(34)18-31(23,32)5/h17,22-23,27,38H,6-16,18-19H2,1-5H3/t22-,23-,27+,30-,31-,32-/m0/s1. The predicted octanol–water partition coefficient (Wildman–Crippen LogP) is 5.05. The molecule has 0 heterocycles. The van der Waals surface area contributed by atoms with Crippen LogP contribution in [0.2, 0.25) is 0 Å². The van der Waals surface area contributed by atoms with Gasteiger partial charge in [0, 0.05) is 30.6 Å². The molecule has 4 rings (SSSR count). The fourth-order valence-electron chi connectivity index (χ4n) is 8.23. The molecule has 3 saturated carbocycles. The fourth-order valence-corrected chi connectivity index (χ4v) is 8.23. The maximum absolute atomic E-state index is 13.7. The van der Waals surface area contributed by atoms with Crippen molar-refractivity contribution in [1.82, 2.24) is 0 Å². The highest BCUT2D eigenvalue weighted by atomic mass is 16.7. The van der Waals surface area contributed by atoms with Gasteiger partial charge in [0.15, 0.2) is 12.4 Å². The summed E-state index contributed by atoms with van der Waals surface area (Å²) in [6, 6.07) is 0. The molecule has 228 valence electrons. The average molecular weight is 575 g/mol. The van der Waals surface area contributed by atoms with Crippen LogP contribution in [-0.4, -0.2) is 59.0 Å². The first-order valence-corrected chi connectivity index (χ1v) is 15.1. The van der Waals surface area contributed by atoms with E-state index in [-0.39, 0.29) is 66.6 Å². The van der Waals surface area contributed by atoms with Crippen LogP contribution in [0.4, 0.5) is 4.79 Å². The van der Waals surface area contributed by atoms with Gasteiger partial charge in [0.25, 0.3) is 0 Å². The van der Waals surface area contributed by atoms with Gasteiger partial charge in [0.1, 0.15) is 17.0 Å². The molecule has 3 fully saturated rings. The molecular formula is C32H46O9. The Morgan fingerprint density at radius 1 is 1.00 bits per heavy atom. The number of hydrogen-bond donors (Lipinski definition) is 1. The van der Waals surface area contributed by atoms with Crippen LogP contribution in [0.3, 0.4) is 0 Å². The van der Waals surface area contributed by atoms with E-state index in [1.807, 2.05) is 27.7 Å². The van der Waals surface area contributed by atoms with E-state index >= 15 is 0 Å². The van der Waals surface area contributed by atoms with Gasteiger partial charge in [-0.05, 0) is 95.5 Å². The summed E-state index contributed by atoms with van der Waals surface area (Å²) in [4.78, 5) is 63.0. The van der Waals surface area contributed by atoms with E-state index in [9.17, 15) is 29.1 Å². The van der Waals surface area contributed by atoms with E-state index in [0.717, 1.165) is 18.4 Å². The van der Waals surface area contributed by atoms with E-state index in [1.54, 1.807) is 6.08 Å². The fraction of sp³-hybridized carbons (Fsp3) is 0.781. The van der Waals surface area contributed by atoms with E-state index < -0.39 is 35.2 Å². The van der Waals surface area contributed by atoms with Crippen molar-refractivity contribution in [1.29, 1.82) is 0 Å². The second-order valence-electron chi connectivity index (χ2n) is 14.0. The Morgan fingerprint density at radius 3 is 2.44 bits per heavy atom. The largest absolute Gasteiger partial charge is 0.508 e. The van der Waals surface area contributed by atoms with Crippen LogP contribution in [0.25, 0.3) is 0 Å². The van der Waals surface area contributed by atoms with Crippen LogP contribution in [0.1, 0.15) is 105 Å². The Bertz CT molecular complexity index is 1120. The Morgan fingerprint density at radius 2 is 1.73 bits per heavy atom. The van der Waals surface area contributed by atoms with Crippen molar-refractivity contribution in [2.75, 3.05) is 13.2 Å². The number of aliphatic hydroxyl groups is 1. The second kappa shape index (κ2) is 11.6. The third-order valence-corrected chi connectivity index (χ3v) is 10.3. The molecule has 0 spiro atoms. The van der Waals surface area contributed by atoms with Gasteiger partial charge in [-0.25, -0.2) is 4.79 Å². The van der Waals surface area contributed by atoms with Crippen molar-refractivity contribution in [2.45, 2.75) is 116 Å². The summed E-state index contributed by atoms with van der Waals surface area (Å²) < 4.78 is 15.4. The zero-order valence-electron chi connectivity index (χ0n) is 25.2. The maximum Gasteiger partial charge on any atom is 0.508 e. The lowest BCUT2D eigenvalue weighted by molar-refractivity contribution is -0.171. The molecule has 0 radical (unpaired) electrons. The van der Waals surface area contributed by atoms with Crippen LogP contribution in [0.5, 0.6) is 0 Å². The molecule has 9 nitrogen and oxygen atoms in total. The normalized spacial score (nSPS) is 34.6. The Hall–Kier alpha value is -2.55. The lowest BCUT2D eigenvalue weighted by atomic mass is 9.46. The first-order valence-electron chi connectivity index (χ1n) is 15.1. The highest BCUT2D eigenvalue weighted by Crippen LogP contribution is 2.66. The maximum atomic E-state index is 13.7. The lowest BCUT2D eigenvalue weighted by Gasteiger charge is -2.57. The van der Waals surface area contributed by atoms with Gasteiger partial charge < -0.3 is 19.3 Å². The summed E-state index contributed by atoms with van der Waals surface area (Å²) >= 11 is 0. The molecule has 0 aromatic carbocycles. The lowest BCUT2D eigenvalue weighted by Crippen LogP contribution is -2.61. The molecule has 1 N–H and O–H groups in total. The zero-order valence-corrected chi connectivity index (χ0v) is 25.2. The topological polar surface area (TPSA) is 133 Å². The van der Waals surface area contributed by atoms with Crippen molar-refractivity contribution in [3.63, 3.8) is 0 Å². The van der Waals surface area contributed by atoms with E-state index in [4.69, 9.17) is 14.2 Å². The molecule has 41 heavy (non-hydrogen) atoms. The predicted molar refractivity (Wildman–Crippen MR) is 149 cm³/mol. The smallest absolute Gasteiger partial charge is 0.460 e. The molecule has 0 amide bonds. The number of fused-ring (bicyclic) bond motifs is 5. The minimum Gasteiger partial charge on any atom is -0.460 e. The van der Waals surface area contributed by atoms with E-state index in [2.05, 4.69) is 6.92 Å². The quantitative estimate of drug-likeness (QED) is 0.296. The summed E-state index contributed by atoms with van der Waals surface area (Å²) in [7, 11) is 0. The van der Waals surface area contributed by atoms with Crippen LogP contribution in [-0.2, 0) is 33.4 Å². The van der Waals surface area contributed by atoms with Gasteiger partial charge in [0.2, 0.25) is 5.78 Å². The first-order chi connectivity index (χ1) is 19.1. The number of rotatable bonds is 9. The average Bonchev–Trinajstić information content (AvgIpc) is 3.14. The van der Waals surface area contributed by atoms with Gasteiger partial charge in [-0.15, -0.1) is 0 Å². The summed E-state index contributed by atoms with van der Waals surface area (Å²) in [5.41, 5.74) is -2.49. The number of unbranched alkanes of at least 4 members (excludes halogenated alkanes) is 2. The SMILES string of the molecule is CC(C)(C)OC(=O)CCCCCOC(=O)OCC(=O)[C@@]1(O)CC[C@H]2[C@@H]3CCC4=CC(=O)CC[C@]4(C)[C@H]3C(=O)C[C@@]21C. The van der Waals surface area contributed by atoms with Crippen molar-refractivity contribution >= 4 is 29.5 Å². The Kier molecular flexibility index (Phi) is 8.89. The van der Waals surface area contributed by atoms with Crippen LogP contribution in [0, 0.1) is 28.6 Å². The second-order valence-corrected chi connectivity index (χ2v) is 14.0. The van der Waals surface area contributed by atoms with Gasteiger partial charge in [-0.3, -0.25) is 19.2 Å². The monoisotopic (exact) mass is 574 g/mol. The molecule has 6 atom stereocenters. The third kappa shape index (κ3) is 6.15. The highest BCUT2D eigenvalue weighted by Gasteiger charge is 2.68. The summed E-state index contributed by atoms with van der Waals surface area (Å²) in [5, 5.41) is 11.7. The molecule has 0 saturated heterocycles. The van der Waals surface area contributed by atoms with E-state index in [1.165, 1.54) is 0 Å². The number of carbonyl (C=O) groups excluding carboxylic acids is 5. The van der Waals surface area contributed by atoms with Crippen molar-refractivity contribution < 1.29 is 43.3 Å². The minimum absolute atomic E-state index is 0.0113. The Labute approximate surface area is 242 Å². The van der Waals surface area contributed by atoms with E-state index in [0.29, 0.717) is 38.5 Å². The summed E-state index contributed by atoms with van der Waals surface area (Å²) in [5.74, 6) is -0.868. The van der Waals surface area contributed by atoms with Crippen molar-refractivity contribution in [3.8, 4) is 0 Å². The number of Topliss-reactive ketones (excluding diaryl/α,β-unsaturated/α-hetero) is 2. The van der Waals surface area contributed by atoms with Crippen molar-refractivity contribution in [3.05, 3.63) is 11.6 Å². The van der Waals surface area contributed by atoms with Crippen LogP contribution >= 0.6 is 0 Å². The molecule has 0 bridgehead atoms. The first kappa shape index (κ1) is 31.4. The third-order valence-electron chi connectivity index (χ3n) is 10.3. The zero-order chi connectivity index (χ0) is 30.2. The number of esters is 1. The number of hydrogen-bond acceptors (Lipinski definition) is 9. The van der Waals surface area contributed by atoms with Gasteiger partial charge in [-0.1, -0.05) is 19.4 Å². The molecule has 0 unspecified atom stereocenters. The van der Waals surface area contributed by atoms with Crippen LogP contribution < -0.4 is 0 Å². The molecule has 0 aromatic rings. The molecule has 0 aromatic heterocycles. The number of ketones is 3. The van der Waals surface area contributed by atoms with Crippen LogP contribution in [0.15, 0.2) is 11.6 Å².